The Morgan fingerprint density at radius 3 is 1.96 bits per heavy atom. The topological polar surface area (TPSA) is 107 Å². The molecule has 2 rings (SSSR count). The van der Waals surface area contributed by atoms with Crippen LogP contribution in [0.25, 0.3) is 0 Å². The van der Waals surface area contributed by atoms with Gasteiger partial charge in [-0.2, -0.15) is 16.8 Å². The number of hydrogen-bond acceptors (Lipinski definition) is 6. The fourth-order valence-electron chi connectivity index (χ4n) is 1.75. The van der Waals surface area contributed by atoms with E-state index in [1.54, 1.807) is 12.1 Å². The van der Waals surface area contributed by atoms with E-state index < -0.39 is 25.1 Å². The third-order valence-electron chi connectivity index (χ3n) is 2.94. The summed E-state index contributed by atoms with van der Waals surface area (Å²) in [5, 5.41) is 0. The third kappa shape index (κ3) is 4.01. The van der Waals surface area contributed by atoms with Crippen LogP contribution in [0.1, 0.15) is 5.56 Å². The van der Waals surface area contributed by atoms with Gasteiger partial charge in [-0.3, -0.25) is 4.55 Å². The highest BCUT2D eigenvalue weighted by molar-refractivity contribution is 7.87. The smallest absolute Gasteiger partial charge is 0.339 e. The van der Waals surface area contributed by atoms with Gasteiger partial charge in [-0.15, -0.1) is 0 Å². The number of hydrogen-bond donors (Lipinski definition) is 1. The summed E-state index contributed by atoms with van der Waals surface area (Å²) in [6.45, 7) is 1.81. The lowest BCUT2D eigenvalue weighted by Crippen LogP contribution is -2.11. The number of ether oxygens (including phenoxy) is 1. The van der Waals surface area contributed by atoms with E-state index in [4.69, 9.17) is 13.5 Å². The van der Waals surface area contributed by atoms with E-state index in [1.165, 1.54) is 19.2 Å². The molecule has 0 amide bonds. The second-order valence-electron chi connectivity index (χ2n) is 4.64. The minimum absolute atomic E-state index is 0.0518. The molecule has 0 radical (unpaired) electrons. The summed E-state index contributed by atoms with van der Waals surface area (Å²) in [5.41, 5.74) is 0.888. The lowest BCUT2D eigenvalue weighted by molar-refractivity contribution is 0.388. The van der Waals surface area contributed by atoms with Gasteiger partial charge in [-0.1, -0.05) is 17.7 Å². The molecule has 0 saturated heterocycles. The molecule has 0 fully saturated rings. The van der Waals surface area contributed by atoms with Crippen LogP contribution in [0.3, 0.4) is 0 Å². The second-order valence-corrected chi connectivity index (χ2v) is 7.61. The van der Waals surface area contributed by atoms with Crippen LogP contribution in [0.2, 0.25) is 0 Å². The zero-order valence-electron chi connectivity index (χ0n) is 12.3. The van der Waals surface area contributed by atoms with Crippen LogP contribution in [0, 0.1) is 6.92 Å². The Balaban J connectivity index is 2.41. The van der Waals surface area contributed by atoms with E-state index in [1.807, 2.05) is 6.92 Å². The van der Waals surface area contributed by atoms with Crippen molar-refractivity contribution in [3.8, 4) is 11.5 Å². The molecule has 0 bridgehead atoms. The predicted octanol–water partition coefficient (Wildman–Crippen LogP) is 2.02. The summed E-state index contributed by atoms with van der Waals surface area (Å²) in [6.07, 6.45) is 0. The summed E-state index contributed by atoms with van der Waals surface area (Å²) < 4.78 is 65.5. The van der Waals surface area contributed by atoms with Crippen LogP contribution >= 0.6 is 0 Å². The second kappa shape index (κ2) is 6.19. The van der Waals surface area contributed by atoms with Crippen molar-refractivity contribution in [1.82, 2.24) is 0 Å². The van der Waals surface area contributed by atoms with E-state index >= 15 is 0 Å². The van der Waals surface area contributed by atoms with Crippen LogP contribution in [-0.2, 0) is 20.2 Å². The molecule has 0 aliphatic carbocycles. The van der Waals surface area contributed by atoms with E-state index in [9.17, 15) is 16.8 Å². The molecular formula is C14H14O7S2. The van der Waals surface area contributed by atoms with Gasteiger partial charge in [0.2, 0.25) is 0 Å². The maximum absolute atomic E-state index is 12.2. The first-order chi connectivity index (χ1) is 10.6. The Bertz CT molecular complexity index is 914. The van der Waals surface area contributed by atoms with Crippen molar-refractivity contribution in [3.63, 3.8) is 0 Å². The van der Waals surface area contributed by atoms with Crippen LogP contribution in [0.4, 0.5) is 0 Å². The van der Waals surface area contributed by atoms with Gasteiger partial charge in [0.25, 0.3) is 10.1 Å². The van der Waals surface area contributed by atoms with Crippen molar-refractivity contribution >= 4 is 20.2 Å². The molecule has 0 saturated carbocycles. The number of methoxy groups -OCH3 is 1. The van der Waals surface area contributed by atoms with E-state index in [2.05, 4.69) is 0 Å². The van der Waals surface area contributed by atoms with Crippen molar-refractivity contribution < 1.29 is 30.3 Å². The minimum Gasteiger partial charge on any atom is -0.493 e. The number of aryl methyl sites for hydroxylation is 1. The molecular weight excluding hydrogens is 344 g/mol. The van der Waals surface area contributed by atoms with Crippen molar-refractivity contribution in [2.75, 3.05) is 7.11 Å². The summed E-state index contributed by atoms with van der Waals surface area (Å²) in [7, 11) is -7.32. The molecule has 0 atom stereocenters. The van der Waals surface area contributed by atoms with E-state index in [0.717, 1.165) is 23.8 Å². The van der Waals surface area contributed by atoms with Gasteiger partial charge >= 0.3 is 10.1 Å². The Kier molecular flexibility index (Phi) is 4.64. The van der Waals surface area contributed by atoms with E-state index in [-0.39, 0.29) is 16.4 Å². The Morgan fingerprint density at radius 2 is 1.43 bits per heavy atom. The molecule has 124 valence electrons. The summed E-state index contributed by atoms with van der Waals surface area (Å²) in [5.74, 6) is -0.337. The van der Waals surface area contributed by atoms with Crippen molar-refractivity contribution in [1.29, 1.82) is 0 Å². The molecule has 2 aromatic rings. The molecule has 0 spiro atoms. The first-order valence-electron chi connectivity index (χ1n) is 6.30. The van der Waals surface area contributed by atoms with Gasteiger partial charge in [0, 0.05) is 6.07 Å². The van der Waals surface area contributed by atoms with Crippen LogP contribution in [-0.4, -0.2) is 28.5 Å². The van der Waals surface area contributed by atoms with Crippen LogP contribution < -0.4 is 8.92 Å². The largest absolute Gasteiger partial charge is 0.493 e. The summed E-state index contributed by atoms with van der Waals surface area (Å²) >= 11 is 0. The van der Waals surface area contributed by atoms with Gasteiger partial charge in [0.15, 0.2) is 11.5 Å². The Hall–Kier alpha value is -2.10. The third-order valence-corrected chi connectivity index (χ3v) is 5.04. The first kappa shape index (κ1) is 17.3. The van der Waals surface area contributed by atoms with Crippen LogP contribution in [0.15, 0.2) is 52.3 Å². The quantitative estimate of drug-likeness (QED) is 0.643. The highest BCUT2D eigenvalue weighted by Gasteiger charge is 2.21. The fourth-order valence-corrected chi connectivity index (χ4v) is 3.18. The predicted molar refractivity (Wildman–Crippen MR) is 81.8 cm³/mol. The molecule has 0 aliphatic heterocycles. The van der Waals surface area contributed by atoms with Gasteiger partial charge < -0.3 is 8.92 Å². The zero-order valence-corrected chi connectivity index (χ0v) is 13.9. The Morgan fingerprint density at radius 1 is 0.870 bits per heavy atom. The van der Waals surface area contributed by atoms with Gasteiger partial charge in [-0.05, 0) is 31.2 Å². The zero-order chi connectivity index (χ0) is 17.3. The van der Waals surface area contributed by atoms with Gasteiger partial charge in [-0.25, -0.2) is 0 Å². The highest BCUT2D eigenvalue weighted by Crippen LogP contribution is 2.32. The standard InChI is InChI=1S/C14H14O7S2/c1-10-3-5-11(6-4-10)23(18,19)21-13-8-7-12(22(15,16)17)9-14(13)20-2/h3-9H,1-2H3,(H,15,16,17). The maximum Gasteiger partial charge on any atom is 0.339 e. The monoisotopic (exact) mass is 358 g/mol. The molecule has 0 unspecified atom stereocenters. The molecule has 2 aromatic carbocycles. The molecule has 23 heavy (non-hydrogen) atoms. The average Bonchev–Trinajstić information content (AvgIpc) is 2.46. The van der Waals surface area contributed by atoms with Crippen molar-refractivity contribution in [2.24, 2.45) is 0 Å². The summed E-state index contributed by atoms with van der Waals surface area (Å²) in [4.78, 5) is -0.488. The summed E-state index contributed by atoms with van der Waals surface area (Å²) in [6, 6.07) is 9.10. The first-order valence-corrected chi connectivity index (χ1v) is 9.15. The van der Waals surface area contributed by atoms with E-state index in [0.29, 0.717) is 0 Å². The normalized spacial score (nSPS) is 12.0. The fraction of sp³-hybridized carbons (Fsp3) is 0.143. The van der Waals surface area contributed by atoms with Crippen LogP contribution in [0.5, 0.6) is 11.5 Å². The highest BCUT2D eigenvalue weighted by atomic mass is 32.2. The van der Waals surface area contributed by atoms with Crippen molar-refractivity contribution in [3.05, 3.63) is 48.0 Å². The lowest BCUT2D eigenvalue weighted by Gasteiger charge is -2.11. The molecule has 7 nitrogen and oxygen atoms in total. The van der Waals surface area contributed by atoms with Gasteiger partial charge in [0.1, 0.15) is 4.90 Å². The van der Waals surface area contributed by atoms with Crippen molar-refractivity contribution in [2.45, 2.75) is 16.7 Å². The van der Waals surface area contributed by atoms with Gasteiger partial charge in [0.05, 0.1) is 12.0 Å². The minimum atomic E-state index is -4.44. The Labute approximate surface area is 134 Å². The molecule has 0 aliphatic rings. The number of benzene rings is 2. The maximum atomic E-state index is 12.2. The SMILES string of the molecule is COc1cc(S(=O)(=O)O)ccc1OS(=O)(=O)c1ccc(C)cc1. The molecule has 0 heterocycles. The number of rotatable bonds is 5. The molecule has 9 heteroatoms. The molecule has 0 aromatic heterocycles. The lowest BCUT2D eigenvalue weighted by atomic mass is 10.2. The molecule has 1 N–H and O–H groups in total. The average molecular weight is 358 g/mol.